The van der Waals surface area contributed by atoms with Gasteiger partial charge in [-0.15, -0.1) is 0 Å². The lowest BCUT2D eigenvalue weighted by molar-refractivity contribution is -0.131. The highest BCUT2D eigenvalue weighted by molar-refractivity contribution is 5.83. The molecule has 0 spiro atoms. The first kappa shape index (κ1) is 17.5. The largest absolute Gasteiger partial charge is 0.361 e. The Labute approximate surface area is 156 Å². The Morgan fingerprint density at radius 3 is 2.78 bits per heavy atom. The number of likely N-dealkylation sites (N-methyl/N-ethyl adjacent to an activating group) is 1. The van der Waals surface area contributed by atoms with Gasteiger partial charge in [-0.2, -0.15) is 5.10 Å². The van der Waals surface area contributed by atoms with Crippen LogP contribution in [0.1, 0.15) is 35.6 Å². The Bertz CT molecular complexity index is 1070. The lowest BCUT2D eigenvalue weighted by Gasteiger charge is -2.18. The number of carbonyl (C=O) groups excluding carboxylic acids is 1. The first-order chi connectivity index (χ1) is 13.0. The third-order valence-electron chi connectivity index (χ3n) is 5.18. The number of benzene rings is 1. The highest BCUT2D eigenvalue weighted by Gasteiger charge is 2.22. The molecule has 7 nitrogen and oxygen atoms in total. The van der Waals surface area contributed by atoms with Crippen LogP contribution in [0.3, 0.4) is 0 Å². The molecule has 0 unspecified atom stereocenters. The molecule has 7 heteroatoms. The molecule has 0 aliphatic heterocycles. The number of carbonyl (C=O) groups is 1. The predicted molar refractivity (Wildman–Crippen MR) is 100 cm³/mol. The van der Waals surface area contributed by atoms with Crippen LogP contribution < -0.4 is 5.56 Å². The monoisotopic (exact) mass is 366 g/mol. The third-order valence-corrected chi connectivity index (χ3v) is 5.18. The minimum absolute atomic E-state index is 0.0962. The van der Waals surface area contributed by atoms with Gasteiger partial charge in [0.2, 0.25) is 5.91 Å². The molecular formula is C20H22N4O3. The first-order valence-electron chi connectivity index (χ1n) is 9.21. The van der Waals surface area contributed by atoms with Crippen molar-refractivity contribution in [2.75, 3.05) is 7.05 Å². The van der Waals surface area contributed by atoms with Gasteiger partial charge < -0.3 is 9.42 Å². The van der Waals surface area contributed by atoms with Crippen molar-refractivity contribution in [1.29, 1.82) is 0 Å². The van der Waals surface area contributed by atoms with Crippen LogP contribution in [-0.4, -0.2) is 32.8 Å². The standard InChI is InChI=1S/C20H22N4O3/c1-13-14-7-3-4-8-15(14)20(26)24(21-13)12-19(25)23(2)11-17-16-9-5-6-10-18(16)27-22-17/h3-4,7-8H,5-6,9-12H2,1-2H3. The van der Waals surface area contributed by atoms with Crippen LogP contribution >= 0.6 is 0 Å². The average molecular weight is 366 g/mol. The second-order valence-electron chi connectivity index (χ2n) is 7.08. The number of aromatic nitrogens is 3. The molecule has 1 aliphatic rings. The lowest BCUT2D eigenvalue weighted by Crippen LogP contribution is -2.35. The van der Waals surface area contributed by atoms with Gasteiger partial charge in [0, 0.05) is 24.4 Å². The average Bonchev–Trinajstić information content (AvgIpc) is 3.09. The number of aryl methyl sites for hydroxylation is 2. The van der Waals surface area contributed by atoms with Gasteiger partial charge in [-0.1, -0.05) is 23.4 Å². The van der Waals surface area contributed by atoms with E-state index in [1.807, 2.05) is 25.1 Å². The van der Waals surface area contributed by atoms with Crippen LogP contribution in [0, 0.1) is 6.92 Å². The summed E-state index contributed by atoms with van der Waals surface area (Å²) in [6, 6.07) is 7.32. The van der Waals surface area contributed by atoms with Crippen LogP contribution in [0.2, 0.25) is 0 Å². The summed E-state index contributed by atoms with van der Waals surface area (Å²) in [5.41, 5.74) is 2.43. The second kappa shape index (κ2) is 6.98. The van der Waals surface area contributed by atoms with E-state index in [0.717, 1.165) is 53.8 Å². The number of fused-ring (bicyclic) bond motifs is 2. The summed E-state index contributed by atoms with van der Waals surface area (Å²) < 4.78 is 6.66. The Morgan fingerprint density at radius 2 is 1.96 bits per heavy atom. The Hall–Kier alpha value is -2.96. The lowest BCUT2D eigenvalue weighted by atomic mass is 9.96. The summed E-state index contributed by atoms with van der Waals surface area (Å²) >= 11 is 0. The minimum Gasteiger partial charge on any atom is -0.361 e. The van der Waals surface area contributed by atoms with Crippen LogP contribution in [0.15, 0.2) is 33.6 Å². The van der Waals surface area contributed by atoms with Gasteiger partial charge in [0.1, 0.15) is 18.0 Å². The van der Waals surface area contributed by atoms with Gasteiger partial charge in [-0.05, 0) is 32.3 Å². The van der Waals surface area contributed by atoms with Gasteiger partial charge in [0.15, 0.2) is 0 Å². The number of rotatable bonds is 4. The second-order valence-corrected chi connectivity index (χ2v) is 7.08. The predicted octanol–water partition coefficient (Wildman–Crippen LogP) is 2.23. The number of nitrogens with zero attached hydrogens (tertiary/aromatic N) is 4. The van der Waals surface area contributed by atoms with Crippen molar-refractivity contribution in [3.8, 4) is 0 Å². The number of amides is 1. The molecule has 0 fully saturated rings. The zero-order valence-electron chi connectivity index (χ0n) is 15.6. The SMILES string of the molecule is Cc1nn(CC(=O)N(C)Cc2noc3c2CCCC3)c(=O)c2ccccc12. The first-order valence-corrected chi connectivity index (χ1v) is 9.21. The van der Waals surface area contributed by atoms with Crippen molar-refractivity contribution in [2.45, 2.75) is 45.7 Å². The summed E-state index contributed by atoms with van der Waals surface area (Å²) in [7, 11) is 1.71. The summed E-state index contributed by atoms with van der Waals surface area (Å²) in [6.07, 6.45) is 4.09. The van der Waals surface area contributed by atoms with Gasteiger partial charge in [-0.25, -0.2) is 4.68 Å². The maximum atomic E-state index is 12.7. The van der Waals surface area contributed by atoms with E-state index in [9.17, 15) is 9.59 Å². The molecule has 3 aromatic rings. The van der Waals surface area contributed by atoms with Crippen molar-refractivity contribution in [1.82, 2.24) is 19.8 Å². The van der Waals surface area contributed by atoms with E-state index in [4.69, 9.17) is 4.52 Å². The van der Waals surface area contributed by atoms with E-state index < -0.39 is 0 Å². The van der Waals surface area contributed by atoms with E-state index in [1.165, 1.54) is 4.68 Å². The molecule has 0 radical (unpaired) electrons. The fourth-order valence-corrected chi connectivity index (χ4v) is 3.65. The molecule has 1 amide bonds. The molecule has 0 N–H and O–H groups in total. The zero-order chi connectivity index (χ0) is 19.0. The van der Waals surface area contributed by atoms with E-state index in [0.29, 0.717) is 11.9 Å². The van der Waals surface area contributed by atoms with Crippen molar-refractivity contribution >= 4 is 16.7 Å². The minimum atomic E-state index is -0.253. The van der Waals surface area contributed by atoms with Crippen molar-refractivity contribution < 1.29 is 9.32 Å². The zero-order valence-corrected chi connectivity index (χ0v) is 15.6. The molecule has 4 rings (SSSR count). The Kier molecular flexibility index (Phi) is 4.51. The van der Waals surface area contributed by atoms with Crippen LogP contribution in [0.25, 0.3) is 10.8 Å². The van der Waals surface area contributed by atoms with Crippen LogP contribution in [-0.2, 0) is 30.7 Å². The van der Waals surface area contributed by atoms with E-state index >= 15 is 0 Å². The van der Waals surface area contributed by atoms with Crippen LogP contribution in [0.4, 0.5) is 0 Å². The quantitative estimate of drug-likeness (QED) is 0.707. The van der Waals surface area contributed by atoms with Gasteiger partial charge >= 0.3 is 0 Å². The van der Waals surface area contributed by atoms with Crippen molar-refractivity contribution in [3.63, 3.8) is 0 Å². The maximum Gasteiger partial charge on any atom is 0.275 e. The molecule has 1 aromatic carbocycles. The molecule has 1 aliphatic carbocycles. The highest BCUT2D eigenvalue weighted by atomic mass is 16.5. The molecule has 27 heavy (non-hydrogen) atoms. The number of hydrogen-bond acceptors (Lipinski definition) is 5. The maximum absolute atomic E-state index is 12.7. The van der Waals surface area contributed by atoms with Crippen molar-refractivity contribution in [2.24, 2.45) is 0 Å². The summed E-state index contributed by atoms with van der Waals surface area (Å²) in [5, 5.41) is 9.85. The molecule has 0 saturated carbocycles. The smallest absolute Gasteiger partial charge is 0.275 e. The van der Waals surface area contributed by atoms with Crippen LogP contribution in [0.5, 0.6) is 0 Å². The topological polar surface area (TPSA) is 81.2 Å². The molecule has 0 bridgehead atoms. The fourth-order valence-electron chi connectivity index (χ4n) is 3.65. The van der Waals surface area contributed by atoms with Crippen molar-refractivity contribution in [3.05, 3.63) is 57.3 Å². The van der Waals surface area contributed by atoms with E-state index in [2.05, 4.69) is 10.3 Å². The van der Waals surface area contributed by atoms with Gasteiger partial charge in [0.05, 0.1) is 17.6 Å². The summed E-state index contributed by atoms with van der Waals surface area (Å²) in [4.78, 5) is 26.9. The fraction of sp³-hybridized carbons (Fsp3) is 0.400. The molecule has 140 valence electrons. The van der Waals surface area contributed by atoms with E-state index in [-0.39, 0.29) is 18.0 Å². The van der Waals surface area contributed by atoms with E-state index in [1.54, 1.807) is 18.0 Å². The third kappa shape index (κ3) is 3.25. The Balaban J connectivity index is 1.54. The molecular weight excluding hydrogens is 344 g/mol. The van der Waals surface area contributed by atoms with Gasteiger partial charge in [-0.3, -0.25) is 9.59 Å². The summed E-state index contributed by atoms with van der Waals surface area (Å²) in [6.45, 7) is 2.12. The summed E-state index contributed by atoms with van der Waals surface area (Å²) in [5.74, 6) is 0.756. The normalized spacial score (nSPS) is 13.6. The molecule has 2 heterocycles. The Morgan fingerprint density at radius 1 is 1.22 bits per heavy atom. The highest BCUT2D eigenvalue weighted by Crippen LogP contribution is 2.24. The number of hydrogen-bond donors (Lipinski definition) is 0. The van der Waals surface area contributed by atoms with Gasteiger partial charge in [0.25, 0.3) is 5.56 Å². The molecule has 0 atom stereocenters. The molecule has 0 saturated heterocycles. The molecule has 2 aromatic heterocycles.